The van der Waals surface area contributed by atoms with Gasteiger partial charge in [-0.1, -0.05) is 0 Å². The smallest absolute Gasteiger partial charge is 0.234 e. The van der Waals surface area contributed by atoms with Crippen LogP contribution < -0.4 is 10.6 Å². The molecule has 0 saturated carbocycles. The molecule has 0 unspecified atom stereocenters. The van der Waals surface area contributed by atoms with Crippen molar-refractivity contribution in [2.75, 3.05) is 33.2 Å². The van der Waals surface area contributed by atoms with Gasteiger partial charge < -0.3 is 15.2 Å². The summed E-state index contributed by atoms with van der Waals surface area (Å²) in [7, 11) is 2.04. The van der Waals surface area contributed by atoms with Gasteiger partial charge in [0.1, 0.15) is 0 Å². The first kappa shape index (κ1) is 22.2. The van der Waals surface area contributed by atoms with Crippen molar-refractivity contribution in [1.29, 1.82) is 0 Å². The van der Waals surface area contributed by atoms with Crippen molar-refractivity contribution in [3.05, 3.63) is 17.7 Å². The number of rotatable bonds is 6. The van der Waals surface area contributed by atoms with Gasteiger partial charge in [-0.05, 0) is 46.8 Å². The summed E-state index contributed by atoms with van der Waals surface area (Å²) < 4.78 is 2.08. The molecule has 1 aromatic heterocycles. The third-order valence-corrected chi connectivity index (χ3v) is 4.35. The molecule has 134 valence electrons. The molecule has 23 heavy (non-hydrogen) atoms. The molecule has 1 amide bonds. The first-order valence-corrected chi connectivity index (χ1v) is 7.74. The molecule has 0 aliphatic carbocycles. The van der Waals surface area contributed by atoms with E-state index in [-0.39, 0.29) is 30.7 Å². The number of aryl methyl sites for hydroxylation is 1. The van der Waals surface area contributed by atoms with Crippen LogP contribution in [0.2, 0.25) is 0 Å². The fourth-order valence-electron chi connectivity index (χ4n) is 2.74. The molecular weight excluding hydrogens is 337 g/mol. The van der Waals surface area contributed by atoms with Crippen molar-refractivity contribution in [3.63, 3.8) is 0 Å². The Morgan fingerprint density at radius 3 is 2.61 bits per heavy atom. The molecule has 1 aromatic rings. The quantitative estimate of drug-likeness (QED) is 0.793. The minimum Gasteiger partial charge on any atom is -0.353 e. The second-order valence-corrected chi connectivity index (χ2v) is 5.86. The van der Waals surface area contributed by atoms with E-state index in [0.717, 1.165) is 43.9 Å². The van der Waals surface area contributed by atoms with Gasteiger partial charge in [-0.15, -0.1) is 24.8 Å². The van der Waals surface area contributed by atoms with E-state index < -0.39 is 0 Å². The predicted molar refractivity (Wildman–Crippen MR) is 97.7 cm³/mol. The van der Waals surface area contributed by atoms with Crippen LogP contribution in [-0.4, -0.2) is 59.6 Å². The summed E-state index contributed by atoms with van der Waals surface area (Å²) in [6, 6.07) is 0.524. The van der Waals surface area contributed by atoms with Gasteiger partial charge in [-0.25, -0.2) is 4.98 Å². The Kier molecular flexibility index (Phi) is 10.5. The van der Waals surface area contributed by atoms with Gasteiger partial charge >= 0.3 is 0 Å². The largest absolute Gasteiger partial charge is 0.353 e. The van der Waals surface area contributed by atoms with Crippen molar-refractivity contribution >= 4 is 30.7 Å². The van der Waals surface area contributed by atoms with Crippen LogP contribution in [-0.2, 0) is 11.3 Å². The Hall–Kier alpha value is -0.820. The molecule has 8 heteroatoms. The molecule has 1 aliphatic rings. The number of imidazole rings is 1. The van der Waals surface area contributed by atoms with Gasteiger partial charge in [0.2, 0.25) is 5.91 Å². The zero-order valence-electron chi connectivity index (χ0n) is 14.2. The average molecular weight is 366 g/mol. The highest BCUT2D eigenvalue weighted by Crippen LogP contribution is 2.09. The molecule has 1 saturated heterocycles. The van der Waals surface area contributed by atoms with Crippen molar-refractivity contribution in [3.8, 4) is 0 Å². The standard InChI is InChI=1S/C15H27N5O.2ClH/c1-12-13(2)20(11-18-12)9-8-17-15(21)10-19(3)14-4-6-16-7-5-14;;/h11,14,16H,4-10H2,1-3H3,(H,17,21);2*1H. The van der Waals surface area contributed by atoms with Gasteiger partial charge in [0.05, 0.1) is 18.6 Å². The Balaban J connectivity index is 0.00000242. The van der Waals surface area contributed by atoms with Crippen LogP contribution in [0.4, 0.5) is 0 Å². The topological polar surface area (TPSA) is 62.2 Å². The predicted octanol–water partition coefficient (Wildman–Crippen LogP) is 1.14. The van der Waals surface area contributed by atoms with E-state index in [4.69, 9.17) is 0 Å². The molecule has 2 N–H and O–H groups in total. The molecular formula is C15H29Cl2N5O. The number of hydrogen-bond acceptors (Lipinski definition) is 4. The van der Waals surface area contributed by atoms with Crippen LogP contribution in [0.3, 0.4) is 0 Å². The molecule has 0 radical (unpaired) electrons. The zero-order valence-corrected chi connectivity index (χ0v) is 15.8. The maximum absolute atomic E-state index is 12.0. The van der Waals surface area contributed by atoms with Crippen LogP contribution in [0.15, 0.2) is 6.33 Å². The molecule has 2 heterocycles. The van der Waals surface area contributed by atoms with Crippen molar-refractivity contribution in [2.24, 2.45) is 0 Å². The summed E-state index contributed by atoms with van der Waals surface area (Å²) in [6.07, 6.45) is 4.08. The number of amides is 1. The molecule has 6 nitrogen and oxygen atoms in total. The Morgan fingerprint density at radius 2 is 2.04 bits per heavy atom. The highest BCUT2D eigenvalue weighted by atomic mass is 35.5. The highest BCUT2D eigenvalue weighted by Gasteiger charge is 2.19. The fraction of sp³-hybridized carbons (Fsp3) is 0.733. The third kappa shape index (κ3) is 6.67. The van der Waals surface area contributed by atoms with Crippen LogP contribution in [0, 0.1) is 13.8 Å². The molecule has 0 spiro atoms. The van der Waals surface area contributed by atoms with Gasteiger partial charge in [0, 0.05) is 24.8 Å². The number of carbonyl (C=O) groups is 1. The number of nitrogens with zero attached hydrogens (tertiary/aromatic N) is 3. The number of hydrogen-bond donors (Lipinski definition) is 2. The van der Waals surface area contributed by atoms with Crippen LogP contribution in [0.5, 0.6) is 0 Å². The van der Waals surface area contributed by atoms with Gasteiger partial charge in [-0.3, -0.25) is 9.69 Å². The SMILES string of the molecule is Cc1ncn(CCNC(=O)CN(C)C2CCNCC2)c1C.Cl.Cl. The maximum Gasteiger partial charge on any atom is 0.234 e. The molecule has 0 atom stereocenters. The summed E-state index contributed by atoms with van der Waals surface area (Å²) in [6.45, 7) is 8.05. The molecule has 0 bridgehead atoms. The number of aromatic nitrogens is 2. The Morgan fingerprint density at radius 1 is 1.39 bits per heavy atom. The van der Waals surface area contributed by atoms with Crippen LogP contribution in [0.1, 0.15) is 24.2 Å². The highest BCUT2D eigenvalue weighted by molar-refractivity contribution is 5.85. The van der Waals surface area contributed by atoms with Crippen LogP contribution in [0.25, 0.3) is 0 Å². The summed E-state index contributed by atoms with van der Waals surface area (Å²) >= 11 is 0. The lowest BCUT2D eigenvalue weighted by Crippen LogP contribution is -2.45. The fourth-order valence-corrected chi connectivity index (χ4v) is 2.74. The number of halogens is 2. The summed E-state index contributed by atoms with van der Waals surface area (Å²) in [5, 5.41) is 6.34. The van der Waals surface area contributed by atoms with E-state index in [2.05, 4.69) is 32.0 Å². The number of carbonyl (C=O) groups excluding carboxylic acids is 1. The maximum atomic E-state index is 12.0. The van der Waals surface area contributed by atoms with E-state index in [1.807, 2.05) is 20.3 Å². The van der Waals surface area contributed by atoms with Crippen molar-refractivity contribution in [1.82, 2.24) is 25.1 Å². The monoisotopic (exact) mass is 365 g/mol. The van der Waals surface area contributed by atoms with Crippen molar-refractivity contribution < 1.29 is 4.79 Å². The minimum absolute atomic E-state index is 0. The van der Waals surface area contributed by atoms with E-state index in [1.165, 1.54) is 0 Å². The van der Waals surface area contributed by atoms with Crippen LogP contribution >= 0.6 is 24.8 Å². The second kappa shape index (κ2) is 10.9. The summed E-state index contributed by atoms with van der Waals surface area (Å²) in [4.78, 5) is 18.4. The van der Waals surface area contributed by atoms with E-state index in [9.17, 15) is 4.79 Å². The molecule has 2 rings (SSSR count). The molecule has 0 aromatic carbocycles. The number of nitrogens with one attached hydrogen (secondary N) is 2. The van der Waals surface area contributed by atoms with E-state index in [0.29, 0.717) is 19.1 Å². The van der Waals surface area contributed by atoms with E-state index in [1.54, 1.807) is 0 Å². The first-order chi connectivity index (χ1) is 10.1. The lowest BCUT2D eigenvalue weighted by molar-refractivity contribution is -0.122. The average Bonchev–Trinajstić information content (AvgIpc) is 2.80. The second-order valence-electron chi connectivity index (χ2n) is 5.86. The van der Waals surface area contributed by atoms with Gasteiger partial charge in [-0.2, -0.15) is 0 Å². The number of piperidine rings is 1. The van der Waals surface area contributed by atoms with Gasteiger partial charge in [0.15, 0.2) is 0 Å². The Bertz CT molecular complexity index is 474. The third-order valence-electron chi connectivity index (χ3n) is 4.35. The Labute approximate surface area is 151 Å². The molecule has 1 fully saturated rings. The molecule has 1 aliphatic heterocycles. The van der Waals surface area contributed by atoms with Gasteiger partial charge in [0.25, 0.3) is 0 Å². The normalized spacial score (nSPS) is 15.0. The summed E-state index contributed by atoms with van der Waals surface area (Å²) in [5.41, 5.74) is 2.21. The summed E-state index contributed by atoms with van der Waals surface area (Å²) in [5.74, 6) is 0.102. The minimum atomic E-state index is 0. The zero-order chi connectivity index (χ0) is 15.2. The lowest BCUT2D eigenvalue weighted by Gasteiger charge is -2.31. The first-order valence-electron chi connectivity index (χ1n) is 7.74. The lowest BCUT2D eigenvalue weighted by atomic mass is 10.1. The van der Waals surface area contributed by atoms with E-state index >= 15 is 0 Å². The van der Waals surface area contributed by atoms with Crippen molar-refractivity contribution in [2.45, 2.75) is 39.3 Å². The number of likely N-dealkylation sites (N-methyl/N-ethyl adjacent to an activating group) is 1.